The van der Waals surface area contributed by atoms with Gasteiger partial charge in [-0.05, 0) is 56.0 Å². The molecule has 1 heterocycles. The van der Waals surface area contributed by atoms with E-state index < -0.39 is 12.2 Å². The molecule has 0 saturated carbocycles. The first kappa shape index (κ1) is 23.4. The van der Waals surface area contributed by atoms with Crippen LogP contribution in [0.3, 0.4) is 0 Å². The number of rotatable bonds is 7. The zero-order valence-corrected chi connectivity index (χ0v) is 18.9. The number of ether oxygens (including phenoxy) is 2. The minimum atomic E-state index is -0.737. The highest BCUT2D eigenvalue weighted by atomic mass is 16.5. The standard InChI is InChI=1S/C26H30O6/c1-14(2)6-7-16-8-17(9-18(26(16)31-5)10-20(28)15(3)4)23-13-22(30)25-21(29)11-19(27)12-24(25)32-23/h6,8-9,11-12,20,23,27-29H,3,7,10,13H2,1-2,4-5H3. The summed E-state index contributed by atoms with van der Waals surface area (Å²) in [5.74, 6) is 0.0869. The van der Waals surface area contributed by atoms with Crippen LogP contribution in [0.25, 0.3) is 0 Å². The number of fused-ring (bicyclic) bond motifs is 1. The molecule has 0 radical (unpaired) electrons. The second-order valence-corrected chi connectivity index (χ2v) is 8.50. The van der Waals surface area contributed by atoms with Gasteiger partial charge < -0.3 is 24.8 Å². The largest absolute Gasteiger partial charge is 0.508 e. The molecule has 1 aliphatic rings. The van der Waals surface area contributed by atoms with E-state index in [0.29, 0.717) is 24.2 Å². The van der Waals surface area contributed by atoms with Crippen molar-refractivity contribution in [2.75, 3.05) is 7.11 Å². The van der Waals surface area contributed by atoms with Crippen LogP contribution in [-0.4, -0.2) is 34.3 Å². The van der Waals surface area contributed by atoms with E-state index in [-0.39, 0.29) is 35.0 Å². The molecule has 32 heavy (non-hydrogen) atoms. The molecule has 0 amide bonds. The van der Waals surface area contributed by atoms with Gasteiger partial charge in [0.15, 0.2) is 5.78 Å². The van der Waals surface area contributed by atoms with Crippen molar-refractivity contribution in [1.29, 1.82) is 0 Å². The number of hydrogen-bond donors (Lipinski definition) is 3. The number of aliphatic hydroxyl groups excluding tert-OH is 1. The Labute approximate surface area is 188 Å². The lowest BCUT2D eigenvalue weighted by Gasteiger charge is -2.27. The van der Waals surface area contributed by atoms with E-state index in [0.717, 1.165) is 28.3 Å². The number of phenolic OH excluding ortho intramolecular Hbond substituents is 2. The summed E-state index contributed by atoms with van der Waals surface area (Å²) in [7, 11) is 1.60. The van der Waals surface area contributed by atoms with Crippen molar-refractivity contribution in [3.63, 3.8) is 0 Å². The summed E-state index contributed by atoms with van der Waals surface area (Å²) in [6.07, 6.45) is 1.72. The van der Waals surface area contributed by atoms with Gasteiger partial charge in [-0.3, -0.25) is 4.79 Å². The highest BCUT2D eigenvalue weighted by molar-refractivity contribution is 6.02. The van der Waals surface area contributed by atoms with Crippen LogP contribution in [0.1, 0.15) is 60.3 Å². The average molecular weight is 439 g/mol. The van der Waals surface area contributed by atoms with Gasteiger partial charge in [0.1, 0.15) is 34.7 Å². The van der Waals surface area contributed by atoms with E-state index in [2.05, 4.69) is 12.7 Å². The summed E-state index contributed by atoms with van der Waals surface area (Å²) in [6, 6.07) is 6.28. The lowest BCUT2D eigenvalue weighted by molar-refractivity contribution is 0.0844. The zero-order valence-electron chi connectivity index (χ0n) is 18.9. The molecule has 0 aromatic heterocycles. The van der Waals surface area contributed by atoms with Gasteiger partial charge in [0.2, 0.25) is 0 Å². The van der Waals surface area contributed by atoms with E-state index >= 15 is 0 Å². The van der Waals surface area contributed by atoms with Crippen molar-refractivity contribution in [2.24, 2.45) is 0 Å². The van der Waals surface area contributed by atoms with Crippen LogP contribution in [0.5, 0.6) is 23.0 Å². The Hall–Kier alpha value is -3.25. The Bertz CT molecular complexity index is 1080. The number of methoxy groups -OCH3 is 1. The van der Waals surface area contributed by atoms with E-state index in [1.165, 1.54) is 6.07 Å². The quantitative estimate of drug-likeness (QED) is 0.538. The first-order valence-corrected chi connectivity index (χ1v) is 10.5. The Morgan fingerprint density at radius 1 is 1.22 bits per heavy atom. The summed E-state index contributed by atoms with van der Waals surface area (Å²) in [6.45, 7) is 9.63. The summed E-state index contributed by atoms with van der Waals surface area (Å²) in [5, 5.41) is 30.3. The van der Waals surface area contributed by atoms with Crippen LogP contribution in [0, 0.1) is 0 Å². The average Bonchev–Trinajstić information content (AvgIpc) is 2.70. The van der Waals surface area contributed by atoms with Crippen LogP contribution in [0.4, 0.5) is 0 Å². The second kappa shape index (κ2) is 9.49. The van der Waals surface area contributed by atoms with Gasteiger partial charge >= 0.3 is 0 Å². The third kappa shape index (κ3) is 4.97. The van der Waals surface area contributed by atoms with Crippen molar-refractivity contribution in [1.82, 2.24) is 0 Å². The SMILES string of the molecule is C=C(C)C(O)Cc1cc(C2CC(=O)c3c(O)cc(O)cc3O2)cc(CC=C(C)C)c1OC. The predicted octanol–water partition coefficient (Wildman–Crippen LogP) is 4.80. The topological polar surface area (TPSA) is 96.2 Å². The molecule has 3 N–H and O–H groups in total. The van der Waals surface area contributed by atoms with Crippen LogP contribution in [-0.2, 0) is 12.8 Å². The third-order valence-electron chi connectivity index (χ3n) is 5.54. The van der Waals surface area contributed by atoms with Gasteiger partial charge in [0, 0.05) is 18.6 Å². The number of phenols is 2. The van der Waals surface area contributed by atoms with Crippen LogP contribution in [0.15, 0.2) is 48.1 Å². The molecule has 6 heteroatoms. The number of carbonyl (C=O) groups excluding carboxylic acids is 1. The normalized spacial score (nSPS) is 16.0. The lowest BCUT2D eigenvalue weighted by Crippen LogP contribution is -2.21. The first-order chi connectivity index (χ1) is 15.1. The highest BCUT2D eigenvalue weighted by Crippen LogP contribution is 2.43. The second-order valence-electron chi connectivity index (χ2n) is 8.50. The number of ketones is 1. The van der Waals surface area contributed by atoms with Crippen molar-refractivity contribution in [3.8, 4) is 23.0 Å². The van der Waals surface area contributed by atoms with Gasteiger partial charge in [-0.2, -0.15) is 0 Å². The van der Waals surface area contributed by atoms with Crippen molar-refractivity contribution in [3.05, 3.63) is 70.3 Å². The van der Waals surface area contributed by atoms with Gasteiger partial charge in [0.25, 0.3) is 0 Å². The minimum absolute atomic E-state index is 0.0439. The van der Waals surface area contributed by atoms with Crippen molar-refractivity contribution >= 4 is 5.78 Å². The molecular weight excluding hydrogens is 408 g/mol. The fraction of sp³-hybridized carbons (Fsp3) is 0.346. The Kier molecular flexibility index (Phi) is 6.94. The molecule has 0 fully saturated rings. The van der Waals surface area contributed by atoms with Crippen molar-refractivity contribution in [2.45, 2.75) is 52.2 Å². The van der Waals surface area contributed by atoms with E-state index in [1.54, 1.807) is 14.0 Å². The first-order valence-electron chi connectivity index (χ1n) is 10.5. The smallest absolute Gasteiger partial charge is 0.174 e. The Balaban J connectivity index is 2.08. The van der Waals surface area contributed by atoms with E-state index in [4.69, 9.17) is 9.47 Å². The molecule has 3 rings (SSSR count). The number of hydrogen-bond acceptors (Lipinski definition) is 6. The summed E-state index contributed by atoms with van der Waals surface area (Å²) in [4.78, 5) is 12.8. The monoisotopic (exact) mass is 438 g/mol. The number of carbonyl (C=O) groups is 1. The molecule has 2 aromatic carbocycles. The number of benzene rings is 2. The summed E-state index contributed by atoms with van der Waals surface area (Å²) < 4.78 is 11.7. The van der Waals surface area contributed by atoms with Crippen LogP contribution in [0.2, 0.25) is 0 Å². The van der Waals surface area contributed by atoms with Crippen LogP contribution >= 0.6 is 0 Å². The zero-order chi connectivity index (χ0) is 23.6. The molecule has 170 valence electrons. The number of aromatic hydroxyl groups is 2. The number of allylic oxidation sites excluding steroid dienone is 2. The molecule has 2 unspecified atom stereocenters. The van der Waals surface area contributed by atoms with Crippen molar-refractivity contribution < 1.29 is 29.6 Å². The molecule has 0 aliphatic carbocycles. The maximum Gasteiger partial charge on any atom is 0.174 e. The molecule has 1 aliphatic heterocycles. The minimum Gasteiger partial charge on any atom is -0.508 e. The van der Waals surface area contributed by atoms with E-state index in [1.807, 2.05) is 26.0 Å². The van der Waals surface area contributed by atoms with Gasteiger partial charge in [0.05, 0.1) is 19.6 Å². The molecular formula is C26H30O6. The number of aliphatic hydroxyl groups is 1. The van der Waals surface area contributed by atoms with Gasteiger partial charge in [-0.15, -0.1) is 0 Å². The maximum atomic E-state index is 12.8. The predicted molar refractivity (Wildman–Crippen MR) is 123 cm³/mol. The Morgan fingerprint density at radius 2 is 1.91 bits per heavy atom. The maximum absolute atomic E-state index is 12.8. The summed E-state index contributed by atoms with van der Waals surface area (Å²) >= 11 is 0. The Morgan fingerprint density at radius 3 is 2.53 bits per heavy atom. The fourth-order valence-electron chi connectivity index (χ4n) is 3.84. The summed E-state index contributed by atoms with van der Waals surface area (Å²) in [5.41, 5.74) is 4.34. The lowest BCUT2D eigenvalue weighted by atomic mass is 9.90. The fourth-order valence-corrected chi connectivity index (χ4v) is 3.84. The molecule has 0 spiro atoms. The third-order valence-corrected chi connectivity index (χ3v) is 5.54. The van der Waals surface area contributed by atoms with Gasteiger partial charge in [-0.25, -0.2) is 0 Å². The van der Waals surface area contributed by atoms with Gasteiger partial charge in [-0.1, -0.05) is 23.8 Å². The molecule has 2 atom stereocenters. The van der Waals surface area contributed by atoms with E-state index in [9.17, 15) is 20.1 Å². The number of Topliss-reactive ketones (excluding diaryl/α,β-unsaturated/α-hetero) is 1. The molecule has 0 saturated heterocycles. The molecule has 6 nitrogen and oxygen atoms in total. The molecule has 2 aromatic rings. The molecule has 0 bridgehead atoms. The highest BCUT2D eigenvalue weighted by Gasteiger charge is 2.32. The van der Waals surface area contributed by atoms with Crippen LogP contribution < -0.4 is 9.47 Å².